The number of rotatable bonds is 9. The molecule has 21 heteroatoms. The number of piperidine rings is 3. The molecule has 3 saturated heterocycles. The largest absolute Gasteiger partial charge is 0.366 e. The zero-order valence-electron chi connectivity index (χ0n) is 47.9. The molecule has 0 spiro atoms. The van der Waals surface area contributed by atoms with Gasteiger partial charge >= 0.3 is 35.4 Å². The summed E-state index contributed by atoms with van der Waals surface area (Å²) in [5.74, 6) is -5.18. The third-order valence-electron chi connectivity index (χ3n) is 16.2. The first-order chi connectivity index (χ1) is 40.1. The average Bonchev–Trinajstić information content (AvgIpc) is 2.72. The molecule has 21 nitrogen and oxygen atoms in total. The van der Waals surface area contributed by atoms with Crippen molar-refractivity contribution in [3.05, 3.63) is 180 Å². The van der Waals surface area contributed by atoms with Crippen molar-refractivity contribution in [2.75, 3.05) is 16.0 Å². The van der Waals surface area contributed by atoms with Gasteiger partial charge in [0.15, 0.2) is 0 Å². The Balaban J connectivity index is 0.000000181. The van der Waals surface area contributed by atoms with Crippen LogP contribution < -0.4 is 33.2 Å². The number of nitrogens with one attached hydrogen (secondary N) is 3. The quantitative estimate of drug-likeness (QED) is 0.0766. The fourth-order valence-corrected chi connectivity index (χ4v) is 10.9. The van der Waals surface area contributed by atoms with Gasteiger partial charge in [-0.05, 0) is 112 Å². The van der Waals surface area contributed by atoms with E-state index >= 15 is 0 Å². The van der Waals surface area contributed by atoms with Gasteiger partial charge in [-0.2, -0.15) is 0 Å². The number of anilines is 3. The Morgan fingerprint density at radius 1 is 0.369 bits per heavy atom. The summed E-state index contributed by atoms with van der Waals surface area (Å²) in [7, 11) is 0. The Kier molecular flexibility index (Phi) is 20.9. The minimum absolute atomic E-state index is 0.0766. The number of hydrogen-bond donors (Lipinski definition) is 6. The van der Waals surface area contributed by atoms with E-state index in [-0.39, 0.29) is 87.8 Å². The number of hydrogen-bond acceptors (Lipinski definition) is 12. The Bertz CT molecular complexity index is 3000. The predicted molar refractivity (Wildman–Crippen MR) is 316 cm³/mol. The molecule has 3 aliphatic rings. The lowest BCUT2D eigenvalue weighted by Gasteiger charge is -2.44. The number of pyridine rings is 3. The summed E-state index contributed by atoms with van der Waals surface area (Å²) in [6, 6.07) is 32.8. The van der Waals surface area contributed by atoms with Crippen molar-refractivity contribution in [1.29, 1.82) is 0 Å². The normalized spacial score (nSPS) is 21.8. The maximum absolute atomic E-state index is 13.1. The summed E-state index contributed by atoms with van der Waals surface area (Å²) >= 11 is 0. The van der Waals surface area contributed by atoms with Crippen LogP contribution in [-0.2, 0) is 28.8 Å². The second-order valence-corrected chi connectivity index (χ2v) is 21.6. The minimum Gasteiger partial charge on any atom is -0.366 e. The summed E-state index contributed by atoms with van der Waals surface area (Å²) in [6.07, 6.45) is 13.4. The first-order valence-corrected chi connectivity index (χ1v) is 27.9. The summed E-state index contributed by atoms with van der Waals surface area (Å²) in [4.78, 5) is 128. The molecule has 9 atom stereocenters. The van der Waals surface area contributed by atoms with E-state index in [0.29, 0.717) is 0 Å². The molecule has 0 radical (unpaired) electrons. The van der Waals surface area contributed by atoms with Crippen molar-refractivity contribution >= 4 is 70.2 Å². The monoisotopic (exact) mass is 1140 g/mol. The molecule has 6 aromatic rings. The lowest BCUT2D eigenvalue weighted by molar-refractivity contribution is -0.149. The third kappa shape index (κ3) is 15.3. The Morgan fingerprint density at radius 2 is 0.607 bits per heavy atom. The van der Waals surface area contributed by atoms with E-state index in [1.54, 1.807) is 14.7 Å². The number of primary amides is 3. The highest BCUT2D eigenvalue weighted by atomic mass is 16.2. The second-order valence-electron chi connectivity index (χ2n) is 21.6. The molecule has 0 saturated carbocycles. The molecule has 9 amide bonds. The van der Waals surface area contributed by atoms with Crippen molar-refractivity contribution in [2.24, 2.45) is 35.0 Å². The highest BCUT2D eigenvalue weighted by molar-refractivity contribution is 6.41. The Morgan fingerprint density at radius 3 is 0.833 bits per heavy atom. The van der Waals surface area contributed by atoms with Gasteiger partial charge in [-0.15, -0.1) is 0 Å². The van der Waals surface area contributed by atoms with Gasteiger partial charge in [0.25, 0.3) is 0 Å². The standard InChI is InChI=1S/3C21H24N4O3/c3*1-13-8-9-18(15-6-4-3-5-7-15)25(14(13)2)21(28)20(27)24-17-10-16(19(22)26)11-23-12-17/h3*3-7,10-14,18H,8-9H2,1-2H3,(H2,22,26)(H,24,27)/t3*13-,14+,18+/m110/s1. The lowest BCUT2D eigenvalue weighted by atomic mass is 9.84. The van der Waals surface area contributed by atoms with E-state index in [0.717, 1.165) is 55.2 Å². The molecule has 438 valence electrons. The number of aromatic nitrogens is 3. The van der Waals surface area contributed by atoms with Crippen LogP contribution in [0.1, 0.15) is 146 Å². The maximum Gasteiger partial charge on any atom is 0.313 e. The van der Waals surface area contributed by atoms with Crippen molar-refractivity contribution in [1.82, 2.24) is 29.7 Å². The van der Waals surface area contributed by atoms with Gasteiger partial charge in [-0.1, -0.05) is 112 Å². The van der Waals surface area contributed by atoms with Crippen LogP contribution in [0.5, 0.6) is 0 Å². The Labute approximate surface area is 488 Å². The topological polar surface area (TPSA) is 316 Å². The van der Waals surface area contributed by atoms with Gasteiger partial charge in [0, 0.05) is 36.7 Å². The predicted octanol–water partition coefficient (Wildman–Crippen LogP) is 7.52. The van der Waals surface area contributed by atoms with Gasteiger partial charge < -0.3 is 47.9 Å². The van der Waals surface area contributed by atoms with Crippen LogP contribution in [0.2, 0.25) is 0 Å². The number of carbonyl (C=O) groups is 9. The van der Waals surface area contributed by atoms with Crippen LogP contribution in [0.25, 0.3) is 0 Å². The number of nitrogens with two attached hydrogens (primary N) is 3. The van der Waals surface area contributed by atoms with Crippen molar-refractivity contribution in [3.8, 4) is 0 Å². The highest BCUT2D eigenvalue weighted by Crippen LogP contribution is 2.40. The summed E-state index contributed by atoms with van der Waals surface area (Å²) < 4.78 is 0. The van der Waals surface area contributed by atoms with Crippen LogP contribution in [0, 0.1) is 17.8 Å². The fraction of sp³-hybridized carbons (Fsp3) is 0.333. The van der Waals surface area contributed by atoms with E-state index in [2.05, 4.69) is 51.7 Å². The number of amides is 9. The van der Waals surface area contributed by atoms with Gasteiger partial charge in [0.2, 0.25) is 17.7 Å². The zero-order chi connectivity index (χ0) is 60.8. The molecule has 3 aromatic heterocycles. The SMILES string of the molecule is C[C@@H]1CC[C@@H](c2ccccc2)N(C(=O)C(=O)Nc2cncc(C(N)=O)c2)[C@H]1C.C[C@@H]1CC[C@@H](c2ccccc2)N(C(=O)C(=O)Nc2cncc(C(N)=O)c2)[C@H]1C.C[C@@H]1[C@@H](C)CC[C@H](c2ccccc2)N1C(=O)C(=O)Nc1cncc(C(N)=O)c1. The van der Waals surface area contributed by atoms with Crippen LogP contribution in [0.4, 0.5) is 17.1 Å². The Hall–Kier alpha value is -9.66. The van der Waals surface area contributed by atoms with Crippen LogP contribution in [0.15, 0.2) is 146 Å². The lowest BCUT2D eigenvalue weighted by Crippen LogP contribution is -2.51. The molecule has 3 fully saturated rings. The molecule has 3 aliphatic heterocycles. The number of carbonyl (C=O) groups excluding carboxylic acids is 9. The molecule has 0 bridgehead atoms. The highest BCUT2D eigenvalue weighted by Gasteiger charge is 2.42. The average molecular weight is 1140 g/mol. The van der Waals surface area contributed by atoms with Gasteiger partial charge in [0.1, 0.15) is 0 Å². The van der Waals surface area contributed by atoms with Crippen molar-refractivity contribution in [3.63, 3.8) is 0 Å². The molecule has 9 N–H and O–H groups in total. The molecule has 3 aromatic carbocycles. The van der Waals surface area contributed by atoms with Crippen molar-refractivity contribution < 1.29 is 43.2 Å². The molecular formula is C63H72N12O9. The molecule has 0 aliphatic carbocycles. The number of benzene rings is 3. The molecule has 9 rings (SSSR count). The molecule has 0 unspecified atom stereocenters. The van der Waals surface area contributed by atoms with E-state index in [1.165, 1.54) is 55.4 Å². The second kappa shape index (κ2) is 28.4. The van der Waals surface area contributed by atoms with E-state index < -0.39 is 53.2 Å². The van der Waals surface area contributed by atoms with Gasteiger partial charge in [0.05, 0.1) is 70.5 Å². The van der Waals surface area contributed by atoms with Crippen LogP contribution in [0.3, 0.4) is 0 Å². The first kappa shape index (κ1) is 61.9. The molecule has 84 heavy (non-hydrogen) atoms. The van der Waals surface area contributed by atoms with Gasteiger partial charge in [-0.3, -0.25) is 58.1 Å². The van der Waals surface area contributed by atoms with Crippen LogP contribution >= 0.6 is 0 Å². The smallest absolute Gasteiger partial charge is 0.313 e. The fourth-order valence-electron chi connectivity index (χ4n) is 10.9. The summed E-state index contributed by atoms with van der Waals surface area (Å²) in [5.41, 5.74) is 20.0. The number of nitrogens with zero attached hydrogens (tertiary/aromatic N) is 6. The summed E-state index contributed by atoms with van der Waals surface area (Å²) in [5, 5.41) is 7.62. The maximum atomic E-state index is 13.1. The number of likely N-dealkylation sites (tertiary alicyclic amines) is 3. The molecule has 6 heterocycles. The zero-order valence-corrected chi connectivity index (χ0v) is 47.9. The first-order valence-electron chi connectivity index (χ1n) is 27.9. The van der Waals surface area contributed by atoms with Crippen LogP contribution in [-0.4, -0.2) is 101 Å². The molecular weight excluding hydrogens is 1070 g/mol. The third-order valence-corrected chi connectivity index (χ3v) is 16.2. The van der Waals surface area contributed by atoms with E-state index in [4.69, 9.17) is 17.2 Å². The minimum atomic E-state index is -0.759. The summed E-state index contributed by atoms with van der Waals surface area (Å²) in [6.45, 7) is 12.2. The van der Waals surface area contributed by atoms with Gasteiger partial charge in [-0.25, -0.2) is 0 Å². The van der Waals surface area contributed by atoms with E-state index in [9.17, 15) is 43.2 Å². The van der Waals surface area contributed by atoms with E-state index in [1.807, 2.05) is 112 Å². The van der Waals surface area contributed by atoms with Crippen molar-refractivity contribution in [2.45, 2.75) is 116 Å².